The third-order valence-electron chi connectivity index (χ3n) is 3.88. The molecule has 0 amide bonds. The van der Waals surface area contributed by atoms with E-state index in [1.807, 2.05) is 25.1 Å². The molecule has 1 unspecified atom stereocenters. The van der Waals surface area contributed by atoms with Gasteiger partial charge in [-0.2, -0.15) is 0 Å². The summed E-state index contributed by atoms with van der Waals surface area (Å²) in [6, 6.07) is 8.09. The first-order chi connectivity index (χ1) is 12.0. The van der Waals surface area contributed by atoms with Crippen LogP contribution >= 0.6 is 0 Å². The molecule has 1 atom stereocenters. The van der Waals surface area contributed by atoms with Gasteiger partial charge in [0, 0.05) is 19.3 Å². The number of hydrogen-bond acceptors (Lipinski definition) is 4. The highest BCUT2D eigenvalue weighted by atomic mass is 32.2. The van der Waals surface area contributed by atoms with E-state index in [-0.39, 0.29) is 17.2 Å². The molecule has 6 nitrogen and oxygen atoms in total. The first-order valence-corrected chi connectivity index (χ1v) is 11.0. The van der Waals surface area contributed by atoms with E-state index in [0.29, 0.717) is 25.5 Å². The first kappa shape index (κ1) is 22.3. The molecule has 1 aromatic rings. The van der Waals surface area contributed by atoms with Crippen LogP contribution in [0.3, 0.4) is 0 Å². The standard InChI is InChI=1S/C19H33N3O3S/c1-15(11-14-26(6,23)24)22-18(20-5)21-12-13-25-17-10-8-7-9-16(17)19(2,3)4/h7-10,15H,11-14H2,1-6H3,(H2,20,21,22). The summed E-state index contributed by atoms with van der Waals surface area (Å²) in [7, 11) is -1.26. The molecule has 148 valence electrons. The van der Waals surface area contributed by atoms with Gasteiger partial charge in [-0.1, -0.05) is 39.0 Å². The summed E-state index contributed by atoms with van der Waals surface area (Å²) >= 11 is 0. The normalized spacial score (nSPS) is 14.0. The number of rotatable bonds is 8. The van der Waals surface area contributed by atoms with Crippen molar-refractivity contribution in [2.24, 2.45) is 4.99 Å². The molecule has 2 N–H and O–H groups in total. The van der Waals surface area contributed by atoms with Crippen LogP contribution in [0.2, 0.25) is 0 Å². The molecule has 1 aromatic carbocycles. The van der Waals surface area contributed by atoms with Gasteiger partial charge in [0.25, 0.3) is 0 Å². The number of sulfone groups is 1. The molecule has 0 heterocycles. The Morgan fingerprint density at radius 2 is 1.92 bits per heavy atom. The second kappa shape index (κ2) is 9.80. The van der Waals surface area contributed by atoms with Crippen molar-refractivity contribution in [3.8, 4) is 5.75 Å². The monoisotopic (exact) mass is 383 g/mol. The van der Waals surface area contributed by atoms with Gasteiger partial charge in [-0.25, -0.2) is 8.42 Å². The molecule has 0 aliphatic heterocycles. The summed E-state index contributed by atoms with van der Waals surface area (Å²) in [5.74, 6) is 1.69. The van der Waals surface area contributed by atoms with E-state index in [0.717, 1.165) is 5.75 Å². The van der Waals surface area contributed by atoms with Crippen LogP contribution in [0.25, 0.3) is 0 Å². The van der Waals surface area contributed by atoms with Gasteiger partial charge in [0.2, 0.25) is 0 Å². The average Bonchev–Trinajstić information content (AvgIpc) is 2.54. The van der Waals surface area contributed by atoms with Crippen molar-refractivity contribution in [1.82, 2.24) is 10.6 Å². The lowest BCUT2D eigenvalue weighted by atomic mass is 9.86. The predicted molar refractivity (Wildman–Crippen MR) is 109 cm³/mol. The molecule has 0 aliphatic carbocycles. The van der Waals surface area contributed by atoms with Crippen LogP contribution in [0.5, 0.6) is 5.75 Å². The van der Waals surface area contributed by atoms with Gasteiger partial charge >= 0.3 is 0 Å². The Hall–Kier alpha value is -1.76. The van der Waals surface area contributed by atoms with Crippen molar-refractivity contribution in [3.05, 3.63) is 29.8 Å². The van der Waals surface area contributed by atoms with Gasteiger partial charge in [0.1, 0.15) is 22.2 Å². The molecule has 0 saturated carbocycles. The third kappa shape index (κ3) is 8.56. The van der Waals surface area contributed by atoms with Gasteiger partial charge in [-0.3, -0.25) is 4.99 Å². The van der Waals surface area contributed by atoms with Gasteiger partial charge < -0.3 is 15.4 Å². The van der Waals surface area contributed by atoms with Crippen LogP contribution in [0.15, 0.2) is 29.3 Å². The van der Waals surface area contributed by atoms with Gasteiger partial charge in [0.15, 0.2) is 5.96 Å². The summed E-state index contributed by atoms with van der Waals surface area (Å²) in [5.41, 5.74) is 1.20. The van der Waals surface area contributed by atoms with Crippen molar-refractivity contribution in [3.63, 3.8) is 0 Å². The maximum atomic E-state index is 11.2. The van der Waals surface area contributed by atoms with Gasteiger partial charge in [0.05, 0.1) is 12.3 Å². The van der Waals surface area contributed by atoms with E-state index >= 15 is 0 Å². The van der Waals surface area contributed by atoms with Crippen molar-refractivity contribution in [2.75, 3.05) is 32.2 Å². The van der Waals surface area contributed by atoms with E-state index in [1.54, 1.807) is 7.05 Å². The summed E-state index contributed by atoms with van der Waals surface area (Å²) in [5, 5.41) is 6.38. The Morgan fingerprint density at radius 3 is 2.50 bits per heavy atom. The molecule has 0 spiro atoms. The molecular formula is C19H33N3O3S. The van der Waals surface area contributed by atoms with Crippen LogP contribution in [0, 0.1) is 0 Å². The highest BCUT2D eigenvalue weighted by Gasteiger charge is 2.18. The minimum Gasteiger partial charge on any atom is -0.491 e. The van der Waals surface area contributed by atoms with E-state index in [9.17, 15) is 8.42 Å². The average molecular weight is 384 g/mol. The molecule has 0 fully saturated rings. The lowest BCUT2D eigenvalue weighted by Gasteiger charge is -2.23. The number of hydrogen-bond donors (Lipinski definition) is 2. The number of aliphatic imine (C=N–C) groups is 1. The number of ether oxygens (including phenoxy) is 1. The van der Waals surface area contributed by atoms with E-state index in [4.69, 9.17) is 4.74 Å². The van der Waals surface area contributed by atoms with Crippen LogP contribution in [0.1, 0.15) is 39.7 Å². The number of benzene rings is 1. The van der Waals surface area contributed by atoms with Crippen LogP contribution in [-0.2, 0) is 15.3 Å². The first-order valence-electron chi connectivity index (χ1n) is 8.90. The largest absolute Gasteiger partial charge is 0.491 e. The fourth-order valence-corrected chi connectivity index (χ4v) is 3.22. The van der Waals surface area contributed by atoms with Crippen molar-refractivity contribution in [2.45, 2.75) is 45.6 Å². The van der Waals surface area contributed by atoms with E-state index in [2.05, 4.69) is 42.5 Å². The van der Waals surface area contributed by atoms with E-state index in [1.165, 1.54) is 11.8 Å². The minimum atomic E-state index is -2.95. The zero-order chi connectivity index (χ0) is 19.8. The number of nitrogens with zero attached hydrogens (tertiary/aromatic N) is 1. The summed E-state index contributed by atoms with van der Waals surface area (Å²) < 4.78 is 28.4. The lowest BCUT2D eigenvalue weighted by Crippen LogP contribution is -2.44. The fourth-order valence-electron chi connectivity index (χ4n) is 2.43. The SMILES string of the molecule is CN=C(NCCOc1ccccc1C(C)(C)C)NC(C)CCS(C)(=O)=O. The zero-order valence-corrected chi connectivity index (χ0v) is 17.6. The molecule has 0 bridgehead atoms. The molecule has 0 aromatic heterocycles. The Bertz CT molecular complexity index is 694. The highest BCUT2D eigenvalue weighted by Crippen LogP contribution is 2.30. The van der Waals surface area contributed by atoms with Crippen LogP contribution in [0.4, 0.5) is 0 Å². The molecule has 0 aliphatic rings. The topological polar surface area (TPSA) is 79.8 Å². The Balaban J connectivity index is 2.45. The number of para-hydroxylation sites is 1. The maximum Gasteiger partial charge on any atom is 0.191 e. The minimum absolute atomic E-state index is 0.0125. The maximum absolute atomic E-state index is 11.2. The van der Waals surface area contributed by atoms with Crippen molar-refractivity contribution < 1.29 is 13.2 Å². The second-order valence-electron chi connectivity index (χ2n) is 7.56. The smallest absolute Gasteiger partial charge is 0.191 e. The zero-order valence-electron chi connectivity index (χ0n) is 16.8. The molecule has 7 heteroatoms. The molecular weight excluding hydrogens is 350 g/mol. The lowest BCUT2D eigenvalue weighted by molar-refractivity contribution is 0.312. The van der Waals surface area contributed by atoms with Crippen molar-refractivity contribution in [1.29, 1.82) is 0 Å². The molecule has 26 heavy (non-hydrogen) atoms. The quantitative estimate of drug-likeness (QED) is 0.409. The summed E-state index contributed by atoms with van der Waals surface area (Å²) in [6.07, 6.45) is 1.79. The molecule has 0 saturated heterocycles. The van der Waals surface area contributed by atoms with Gasteiger partial charge in [-0.15, -0.1) is 0 Å². The Kier molecular flexibility index (Phi) is 8.40. The summed E-state index contributed by atoms with van der Waals surface area (Å²) in [6.45, 7) is 9.53. The van der Waals surface area contributed by atoms with Crippen LogP contribution in [-0.4, -0.2) is 52.6 Å². The van der Waals surface area contributed by atoms with Crippen molar-refractivity contribution >= 4 is 15.8 Å². The number of guanidine groups is 1. The Labute approximate surface area is 158 Å². The van der Waals surface area contributed by atoms with Crippen LogP contribution < -0.4 is 15.4 Å². The Morgan fingerprint density at radius 1 is 1.27 bits per heavy atom. The predicted octanol–water partition coefficient (Wildman–Crippen LogP) is 2.35. The third-order valence-corrected chi connectivity index (χ3v) is 4.85. The number of nitrogens with one attached hydrogen (secondary N) is 2. The highest BCUT2D eigenvalue weighted by molar-refractivity contribution is 7.90. The molecule has 1 rings (SSSR count). The van der Waals surface area contributed by atoms with E-state index < -0.39 is 9.84 Å². The fraction of sp³-hybridized carbons (Fsp3) is 0.632. The van der Waals surface area contributed by atoms with Gasteiger partial charge in [-0.05, 0) is 30.4 Å². The summed E-state index contributed by atoms with van der Waals surface area (Å²) in [4.78, 5) is 4.16. The second-order valence-corrected chi connectivity index (χ2v) is 9.82. The molecule has 0 radical (unpaired) electrons.